The molecular formula is C24H19ClO2. The van der Waals surface area contributed by atoms with Gasteiger partial charge in [0.1, 0.15) is 11.5 Å². The first kappa shape index (κ1) is 17.6. The highest BCUT2D eigenvalue weighted by Crippen LogP contribution is 2.49. The van der Waals surface area contributed by atoms with E-state index in [4.69, 9.17) is 16.3 Å². The summed E-state index contributed by atoms with van der Waals surface area (Å²) >= 11 is 5.98. The molecule has 0 heterocycles. The molecule has 0 aliphatic heterocycles. The number of carbonyl (C=O) groups is 1. The van der Waals surface area contributed by atoms with Gasteiger partial charge in [-0.3, -0.25) is 4.79 Å². The normalized spacial score (nSPS) is 14.9. The van der Waals surface area contributed by atoms with Crippen molar-refractivity contribution in [3.05, 3.63) is 107 Å². The molecule has 0 aromatic heterocycles. The largest absolute Gasteiger partial charge is 0.457 e. The van der Waals surface area contributed by atoms with Crippen LogP contribution in [0.5, 0.6) is 11.5 Å². The molecule has 4 rings (SSSR count). The van der Waals surface area contributed by atoms with Crippen LogP contribution >= 0.6 is 11.6 Å². The standard InChI is InChI=1S/C24H19ClO2/c25-20-11-9-19(10-12-20)24(15-16-24)14-13-23(26)18-5-4-8-22(17-18)27-21-6-2-1-3-7-21/h1-14,17H,15-16H2. The molecule has 27 heavy (non-hydrogen) atoms. The Bertz CT molecular complexity index is 971. The van der Waals surface area contributed by atoms with E-state index in [1.165, 1.54) is 5.56 Å². The van der Waals surface area contributed by atoms with Gasteiger partial charge in [-0.05, 0) is 60.9 Å². The minimum atomic E-state index is -0.0294. The highest BCUT2D eigenvalue weighted by Gasteiger charge is 2.41. The second-order valence-electron chi connectivity index (χ2n) is 6.80. The Morgan fingerprint density at radius 3 is 2.30 bits per heavy atom. The summed E-state index contributed by atoms with van der Waals surface area (Å²) in [6.45, 7) is 0. The lowest BCUT2D eigenvalue weighted by Gasteiger charge is -2.10. The Hall–Kier alpha value is -2.84. The van der Waals surface area contributed by atoms with E-state index in [1.807, 2.05) is 78.9 Å². The van der Waals surface area contributed by atoms with E-state index in [0.29, 0.717) is 11.3 Å². The number of hydrogen-bond acceptors (Lipinski definition) is 2. The monoisotopic (exact) mass is 374 g/mol. The van der Waals surface area contributed by atoms with Crippen molar-refractivity contribution in [3.63, 3.8) is 0 Å². The summed E-state index contributed by atoms with van der Waals surface area (Å²) in [5.74, 6) is 1.38. The number of para-hydroxylation sites is 1. The van der Waals surface area contributed by atoms with Crippen LogP contribution < -0.4 is 4.74 Å². The first-order valence-corrected chi connectivity index (χ1v) is 9.35. The fourth-order valence-corrected chi connectivity index (χ4v) is 3.26. The zero-order valence-corrected chi connectivity index (χ0v) is 15.5. The first-order valence-electron chi connectivity index (χ1n) is 8.97. The summed E-state index contributed by atoms with van der Waals surface area (Å²) in [7, 11) is 0. The van der Waals surface area contributed by atoms with Gasteiger partial charge in [0, 0.05) is 16.0 Å². The molecule has 1 saturated carbocycles. The average Bonchev–Trinajstić information content (AvgIpc) is 3.49. The molecule has 1 aliphatic carbocycles. The van der Waals surface area contributed by atoms with E-state index in [2.05, 4.69) is 0 Å². The number of ketones is 1. The molecule has 0 atom stereocenters. The predicted octanol–water partition coefficient (Wildman–Crippen LogP) is 6.60. The quantitative estimate of drug-likeness (QED) is 0.358. The summed E-state index contributed by atoms with van der Waals surface area (Å²) in [5, 5.41) is 0.727. The van der Waals surface area contributed by atoms with Crippen LogP contribution in [0.3, 0.4) is 0 Å². The van der Waals surface area contributed by atoms with Gasteiger partial charge in [0.25, 0.3) is 0 Å². The van der Waals surface area contributed by atoms with Gasteiger partial charge in [-0.25, -0.2) is 0 Å². The van der Waals surface area contributed by atoms with Crippen LogP contribution in [0, 0.1) is 0 Å². The molecule has 0 bridgehead atoms. The van der Waals surface area contributed by atoms with Crippen molar-refractivity contribution in [1.82, 2.24) is 0 Å². The zero-order chi connectivity index (χ0) is 18.7. The minimum absolute atomic E-state index is 0.0197. The molecule has 134 valence electrons. The van der Waals surface area contributed by atoms with Crippen LogP contribution in [0.1, 0.15) is 28.8 Å². The molecule has 0 amide bonds. The van der Waals surface area contributed by atoms with Crippen LogP contribution in [-0.2, 0) is 5.41 Å². The fraction of sp³-hybridized carbons (Fsp3) is 0.125. The average molecular weight is 375 g/mol. The zero-order valence-electron chi connectivity index (χ0n) is 14.8. The van der Waals surface area contributed by atoms with Crippen molar-refractivity contribution in [1.29, 1.82) is 0 Å². The van der Waals surface area contributed by atoms with Crippen molar-refractivity contribution < 1.29 is 9.53 Å². The molecule has 0 spiro atoms. The maximum atomic E-state index is 12.6. The Morgan fingerprint density at radius 2 is 1.59 bits per heavy atom. The van der Waals surface area contributed by atoms with Crippen molar-refractivity contribution in [2.24, 2.45) is 0 Å². The number of carbonyl (C=O) groups excluding carboxylic acids is 1. The Labute approximate surface area is 164 Å². The number of ether oxygens (including phenoxy) is 1. The molecule has 2 nitrogen and oxygen atoms in total. The van der Waals surface area contributed by atoms with E-state index in [1.54, 1.807) is 12.1 Å². The Balaban J connectivity index is 1.49. The molecule has 0 N–H and O–H groups in total. The number of halogens is 1. The maximum Gasteiger partial charge on any atom is 0.185 e. The molecule has 3 aromatic carbocycles. The van der Waals surface area contributed by atoms with Crippen LogP contribution in [0.15, 0.2) is 91.0 Å². The van der Waals surface area contributed by atoms with E-state index in [9.17, 15) is 4.79 Å². The maximum absolute atomic E-state index is 12.6. The van der Waals surface area contributed by atoms with Crippen LogP contribution in [0.25, 0.3) is 0 Å². The lowest BCUT2D eigenvalue weighted by molar-refractivity contribution is 0.104. The third-order valence-electron chi connectivity index (χ3n) is 4.86. The molecule has 3 heteroatoms. The van der Waals surface area contributed by atoms with Gasteiger partial charge in [0.05, 0.1) is 0 Å². The summed E-state index contributed by atoms with van der Waals surface area (Å²) in [5.41, 5.74) is 1.79. The molecule has 1 aliphatic rings. The van der Waals surface area contributed by atoms with Crippen molar-refractivity contribution >= 4 is 17.4 Å². The minimum Gasteiger partial charge on any atom is -0.457 e. The molecule has 0 saturated heterocycles. The summed E-state index contributed by atoms with van der Waals surface area (Å²) < 4.78 is 5.82. The number of hydrogen-bond donors (Lipinski definition) is 0. The van der Waals surface area contributed by atoms with E-state index < -0.39 is 0 Å². The third kappa shape index (κ3) is 4.12. The number of benzene rings is 3. The highest BCUT2D eigenvalue weighted by molar-refractivity contribution is 6.30. The van der Waals surface area contributed by atoms with Gasteiger partial charge in [0.2, 0.25) is 0 Å². The summed E-state index contributed by atoms with van der Waals surface area (Å²) in [6.07, 6.45) is 5.82. The van der Waals surface area contributed by atoms with Crippen molar-refractivity contribution in [2.75, 3.05) is 0 Å². The van der Waals surface area contributed by atoms with E-state index >= 15 is 0 Å². The van der Waals surface area contributed by atoms with Crippen LogP contribution in [-0.4, -0.2) is 5.78 Å². The van der Waals surface area contributed by atoms with Gasteiger partial charge in [0.15, 0.2) is 5.78 Å². The Morgan fingerprint density at radius 1 is 0.889 bits per heavy atom. The third-order valence-corrected chi connectivity index (χ3v) is 5.11. The molecule has 3 aromatic rings. The lowest BCUT2D eigenvalue weighted by atomic mass is 9.94. The first-order chi connectivity index (χ1) is 13.1. The number of rotatable bonds is 6. The Kier molecular flexibility index (Phi) is 4.83. The van der Waals surface area contributed by atoms with E-state index in [0.717, 1.165) is 23.6 Å². The van der Waals surface area contributed by atoms with Crippen LogP contribution in [0.4, 0.5) is 0 Å². The second-order valence-corrected chi connectivity index (χ2v) is 7.24. The van der Waals surface area contributed by atoms with Gasteiger partial charge >= 0.3 is 0 Å². The molecule has 1 fully saturated rings. The van der Waals surface area contributed by atoms with Gasteiger partial charge < -0.3 is 4.74 Å². The van der Waals surface area contributed by atoms with Crippen molar-refractivity contribution in [3.8, 4) is 11.5 Å². The van der Waals surface area contributed by atoms with Gasteiger partial charge in [-0.15, -0.1) is 0 Å². The summed E-state index contributed by atoms with van der Waals surface area (Å²) in [4.78, 5) is 12.6. The second kappa shape index (κ2) is 7.42. The van der Waals surface area contributed by atoms with E-state index in [-0.39, 0.29) is 11.2 Å². The molecule has 0 radical (unpaired) electrons. The van der Waals surface area contributed by atoms with Crippen LogP contribution in [0.2, 0.25) is 5.02 Å². The smallest absolute Gasteiger partial charge is 0.185 e. The fourth-order valence-electron chi connectivity index (χ4n) is 3.14. The van der Waals surface area contributed by atoms with Gasteiger partial charge in [-0.1, -0.05) is 60.1 Å². The van der Waals surface area contributed by atoms with Gasteiger partial charge in [-0.2, -0.15) is 0 Å². The van der Waals surface area contributed by atoms with Crippen molar-refractivity contribution in [2.45, 2.75) is 18.3 Å². The summed E-state index contributed by atoms with van der Waals surface area (Å²) in [6, 6.07) is 24.7. The SMILES string of the molecule is O=C(C=CC1(c2ccc(Cl)cc2)CC1)c1cccc(Oc2ccccc2)c1. The predicted molar refractivity (Wildman–Crippen MR) is 109 cm³/mol. The topological polar surface area (TPSA) is 26.3 Å². The lowest BCUT2D eigenvalue weighted by Crippen LogP contribution is -2.04. The number of allylic oxidation sites excluding steroid dienone is 2. The highest BCUT2D eigenvalue weighted by atomic mass is 35.5. The molecular weight excluding hydrogens is 356 g/mol. The molecule has 0 unspecified atom stereocenters.